The van der Waals surface area contributed by atoms with E-state index >= 15 is 0 Å². The maximum absolute atomic E-state index is 11.8. The number of nitrogens with one attached hydrogen (secondary N) is 1. The van der Waals surface area contributed by atoms with E-state index in [4.69, 9.17) is 12.2 Å². The predicted octanol–water partition coefficient (Wildman–Crippen LogP) is 2.45. The molecule has 0 amide bonds. The lowest BCUT2D eigenvalue weighted by molar-refractivity contribution is 0.244. The zero-order valence-electron chi connectivity index (χ0n) is 12.1. The van der Waals surface area contributed by atoms with Crippen LogP contribution in [0, 0.1) is 0 Å². The van der Waals surface area contributed by atoms with Crippen LogP contribution in [0.15, 0.2) is 43.0 Å². The molecule has 2 rings (SSSR count). The number of thiocarbonyl (C=S) groups is 1. The monoisotopic (exact) mass is 324 g/mol. The van der Waals surface area contributed by atoms with Gasteiger partial charge in [-0.25, -0.2) is 8.42 Å². The molecule has 0 bridgehead atoms. The van der Waals surface area contributed by atoms with Crippen molar-refractivity contribution in [3.63, 3.8) is 0 Å². The Hall–Kier alpha value is -1.40. The molecule has 1 N–H and O–H groups in total. The number of benzene rings is 1. The van der Waals surface area contributed by atoms with E-state index < -0.39 is 15.4 Å². The van der Waals surface area contributed by atoms with Crippen LogP contribution < -0.4 is 5.32 Å². The molecule has 1 fully saturated rings. The lowest BCUT2D eigenvalue weighted by Gasteiger charge is -2.39. The fraction of sp³-hybridized carbons (Fsp3) is 0.400. The molecule has 0 saturated carbocycles. The van der Waals surface area contributed by atoms with Crippen LogP contribution in [0.25, 0.3) is 0 Å². The van der Waals surface area contributed by atoms with Crippen molar-refractivity contribution in [2.45, 2.75) is 18.9 Å². The quantitative estimate of drug-likeness (QED) is 0.681. The Bertz CT molecular complexity index is 628. The number of rotatable bonds is 4. The summed E-state index contributed by atoms with van der Waals surface area (Å²) in [6, 6.07) is 9.62. The average Bonchev–Trinajstić information content (AvgIpc) is 2.72. The highest BCUT2D eigenvalue weighted by Crippen LogP contribution is 2.30. The summed E-state index contributed by atoms with van der Waals surface area (Å²) in [5.74, 6) is 0.343. The molecule has 1 aromatic rings. The van der Waals surface area contributed by atoms with Crippen molar-refractivity contribution in [1.82, 2.24) is 4.90 Å². The third kappa shape index (κ3) is 3.83. The average molecular weight is 324 g/mol. The number of para-hydroxylation sites is 1. The van der Waals surface area contributed by atoms with Gasteiger partial charge in [-0.15, -0.1) is 6.58 Å². The van der Waals surface area contributed by atoms with E-state index in [0.717, 1.165) is 5.69 Å². The summed E-state index contributed by atoms with van der Waals surface area (Å²) in [4.78, 5) is 1.92. The third-order valence-corrected chi connectivity index (χ3v) is 5.93. The van der Waals surface area contributed by atoms with Crippen LogP contribution in [0.1, 0.15) is 13.3 Å². The van der Waals surface area contributed by atoms with Crippen LogP contribution in [-0.2, 0) is 9.84 Å². The van der Waals surface area contributed by atoms with Crippen molar-refractivity contribution in [3.05, 3.63) is 43.0 Å². The van der Waals surface area contributed by atoms with Gasteiger partial charge in [0.15, 0.2) is 14.9 Å². The Morgan fingerprint density at radius 2 is 2.14 bits per heavy atom. The molecule has 0 spiro atoms. The number of sulfone groups is 1. The smallest absolute Gasteiger partial charge is 0.174 e. The highest BCUT2D eigenvalue weighted by atomic mass is 32.2. The molecular formula is C15H20N2O2S2. The number of anilines is 1. The second kappa shape index (κ2) is 6.15. The zero-order chi connectivity index (χ0) is 15.5. The SMILES string of the molecule is C=CCN(C(=S)Nc1ccccc1)[C@]1(C)CCS(=O)(=O)C1. The highest BCUT2D eigenvalue weighted by Gasteiger charge is 2.43. The molecular weight excluding hydrogens is 304 g/mol. The van der Waals surface area contributed by atoms with Crippen molar-refractivity contribution in [3.8, 4) is 0 Å². The highest BCUT2D eigenvalue weighted by molar-refractivity contribution is 7.91. The molecule has 4 nitrogen and oxygen atoms in total. The lowest BCUT2D eigenvalue weighted by Crippen LogP contribution is -2.52. The summed E-state index contributed by atoms with van der Waals surface area (Å²) in [7, 11) is -2.99. The fourth-order valence-electron chi connectivity index (χ4n) is 2.60. The van der Waals surface area contributed by atoms with Crippen LogP contribution in [0.3, 0.4) is 0 Å². The molecule has 1 atom stereocenters. The molecule has 1 aromatic carbocycles. The Kier molecular flexibility index (Phi) is 4.68. The molecule has 114 valence electrons. The van der Waals surface area contributed by atoms with Gasteiger partial charge in [0, 0.05) is 12.2 Å². The molecule has 1 saturated heterocycles. The lowest BCUT2D eigenvalue weighted by atomic mass is 10.00. The Morgan fingerprint density at radius 1 is 1.48 bits per heavy atom. The molecule has 1 aliphatic heterocycles. The van der Waals surface area contributed by atoms with Crippen LogP contribution >= 0.6 is 12.2 Å². The fourth-order valence-corrected chi connectivity index (χ4v) is 5.15. The van der Waals surface area contributed by atoms with Crippen molar-refractivity contribution in [2.75, 3.05) is 23.4 Å². The van der Waals surface area contributed by atoms with Crippen molar-refractivity contribution >= 4 is 32.9 Å². The first-order chi connectivity index (χ1) is 9.86. The molecule has 0 radical (unpaired) electrons. The minimum absolute atomic E-state index is 0.129. The second-order valence-corrected chi connectivity index (χ2v) is 8.11. The van der Waals surface area contributed by atoms with Gasteiger partial charge in [-0.05, 0) is 37.7 Å². The molecule has 6 heteroatoms. The molecule has 0 aliphatic carbocycles. The summed E-state index contributed by atoms with van der Waals surface area (Å²) in [6.45, 7) is 6.21. The minimum Gasteiger partial charge on any atom is -0.339 e. The topological polar surface area (TPSA) is 49.4 Å². The van der Waals surface area contributed by atoms with Gasteiger partial charge in [0.1, 0.15) is 0 Å². The van der Waals surface area contributed by atoms with E-state index in [1.54, 1.807) is 6.08 Å². The molecule has 0 aromatic heterocycles. The van der Waals surface area contributed by atoms with Crippen molar-refractivity contribution in [2.24, 2.45) is 0 Å². The van der Waals surface area contributed by atoms with Gasteiger partial charge in [0.05, 0.1) is 17.0 Å². The summed E-state index contributed by atoms with van der Waals surface area (Å²) in [6.07, 6.45) is 2.33. The van der Waals surface area contributed by atoms with Gasteiger partial charge in [0.25, 0.3) is 0 Å². The van der Waals surface area contributed by atoms with Crippen LogP contribution in [0.2, 0.25) is 0 Å². The largest absolute Gasteiger partial charge is 0.339 e. The Balaban J connectivity index is 2.19. The number of hydrogen-bond acceptors (Lipinski definition) is 3. The van der Waals surface area contributed by atoms with Crippen LogP contribution in [-0.4, -0.2) is 42.0 Å². The van der Waals surface area contributed by atoms with Gasteiger partial charge < -0.3 is 10.2 Å². The van der Waals surface area contributed by atoms with E-state index in [1.807, 2.05) is 42.2 Å². The zero-order valence-corrected chi connectivity index (χ0v) is 13.7. The van der Waals surface area contributed by atoms with Gasteiger partial charge in [-0.1, -0.05) is 24.3 Å². The van der Waals surface area contributed by atoms with Crippen molar-refractivity contribution in [1.29, 1.82) is 0 Å². The maximum Gasteiger partial charge on any atom is 0.174 e. The van der Waals surface area contributed by atoms with Gasteiger partial charge in [0.2, 0.25) is 0 Å². The van der Waals surface area contributed by atoms with Crippen LogP contribution in [0.4, 0.5) is 5.69 Å². The first kappa shape index (κ1) is 16.0. The van der Waals surface area contributed by atoms with Crippen LogP contribution in [0.5, 0.6) is 0 Å². The first-order valence-corrected chi connectivity index (χ1v) is 9.04. The van der Waals surface area contributed by atoms with Gasteiger partial charge in [-0.3, -0.25) is 0 Å². The molecule has 1 heterocycles. The minimum atomic E-state index is -2.99. The first-order valence-electron chi connectivity index (χ1n) is 6.81. The van der Waals surface area contributed by atoms with E-state index in [2.05, 4.69) is 11.9 Å². The Labute approximate surface area is 131 Å². The van der Waals surface area contributed by atoms with Gasteiger partial charge in [-0.2, -0.15) is 0 Å². The summed E-state index contributed by atoms with van der Waals surface area (Å²) in [5.41, 5.74) is 0.410. The van der Waals surface area contributed by atoms with E-state index in [0.29, 0.717) is 18.1 Å². The molecule has 0 unspecified atom stereocenters. The maximum atomic E-state index is 11.8. The Morgan fingerprint density at radius 3 is 2.67 bits per heavy atom. The van der Waals surface area contributed by atoms with E-state index in [1.165, 1.54) is 0 Å². The summed E-state index contributed by atoms with van der Waals surface area (Å²) < 4.78 is 23.6. The normalized spacial score (nSPS) is 23.5. The number of nitrogens with zero attached hydrogens (tertiary/aromatic N) is 1. The van der Waals surface area contributed by atoms with Crippen molar-refractivity contribution < 1.29 is 8.42 Å². The second-order valence-electron chi connectivity index (χ2n) is 5.53. The molecule has 1 aliphatic rings. The summed E-state index contributed by atoms with van der Waals surface area (Å²) >= 11 is 5.48. The summed E-state index contributed by atoms with van der Waals surface area (Å²) in [5, 5.41) is 3.70. The third-order valence-electron chi connectivity index (χ3n) is 3.72. The molecule has 21 heavy (non-hydrogen) atoms. The standard InChI is InChI=1S/C15H20N2O2S2/c1-3-10-17(15(2)9-11-21(18,19)12-15)14(20)16-13-7-5-4-6-8-13/h3-8H,1,9-12H2,2H3,(H,16,20)/t15-/m1/s1. The van der Waals surface area contributed by atoms with E-state index in [-0.39, 0.29) is 11.5 Å². The number of hydrogen-bond donors (Lipinski definition) is 1. The predicted molar refractivity (Wildman–Crippen MR) is 91.2 cm³/mol. The van der Waals surface area contributed by atoms with E-state index in [9.17, 15) is 8.42 Å². The van der Waals surface area contributed by atoms with Gasteiger partial charge >= 0.3 is 0 Å².